The summed E-state index contributed by atoms with van der Waals surface area (Å²) in [6.45, 7) is 5.98. The molecule has 0 radical (unpaired) electrons. The summed E-state index contributed by atoms with van der Waals surface area (Å²) in [5.41, 5.74) is 1.62. The topological polar surface area (TPSA) is 78.4 Å². The lowest BCUT2D eigenvalue weighted by Gasteiger charge is -2.30. The number of phenolic OH excluding ortho intramolecular Hbond substituents is 1. The van der Waals surface area contributed by atoms with Crippen molar-refractivity contribution < 1.29 is 9.90 Å². The van der Waals surface area contributed by atoms with Crippen molar-refractivity contribution in [2.24, 2.45) is 5.92 Å². The number of phenols is 1. The number of anilines is 2. The van der Waals surface area contributed by atoms with Crippen molar-refractivity contribution in [1.82, 2.24) is 9.97 Å². The molecule has 24 heavy (non-hydrogen) atoms. The average Bonchev–Trinajstić information content (AvgIpc) is 2.55. The van der Waals surface area contributed by atoms with E-state index < -0.39 is 0 Å². The van der Waals surface area contributed by atoms with E-state index in [0.29, 0.717) is 22.9 Å². The zero-order valence-corrected chi connectivity index (χ0v) is 14.0. The first kappa shape index (κ1) is 16.2. The number of nitrogens with zero attached hydrogens (tertiary/aromatic N) is 3. The standard InChI is InChI=1S/C18H22N4O2/c1-12-6-8-22(9-7-12)18-19-11-16(13(2)20-18)17(24)21-14-4-3-5-15(23)10-14/h3-5,10-12,23H,6-9H2,1-2H3,(H,21,24). The van der Waals surface area contributed by atoms with Gasteiger partial charge in [0.25, 0.3) is 5.91 Å². The molecule has 2 aromatic rings. The van der Waals surface area contributed by atoms with Gasteiger partial charge in [-0.15, -0.1) is 0 Å². The maximum atomic E-state index is 12.4. The molecule has 1 aliphatic heterocycles. The van der Waals surface area contributed by atoms with Crippen LogP contribution in [0.4, 0.5) is 11.6 Å². The first-order chi connectivity index (χ1) is 11.5. The van der Waals surface area contributed by atoms with E-state index in [9.17, 15) is 9.90 Å². The van der Waals surface area contributed by atoms with E-state index in [1.165, 1.54) is 6.07 Å². The molecule has 0 spiro atoms. The van der Waals surface area contributed by atoms with Gasteiger partial charge in [0.15, 0.2) is 0 Å². The molecular formula is C18H22N4O2. The van der Waals surface area contributed by atoms with E-state index >= 15 is 0 Å². The molecule has 0 bridgehead atoms. The lowest BCUT2D eigenvalue weighted by atomic mass is 10.00. The smallest absolute Gasteiger partial charge is 0.259 e. The predicted molar refractivity (Wildman–Crippen MR) is 93.4 cm³/mol. The number of aryl methyl sites for hydroxylation is 1. The number of benzene rings is 1. The summed E-state index contributed by atoms with van der Waals surface area (Å²) < 4.78 is 0. The summed E-state index contributed by atoms with van der Waals surface area (Å²) in [5, 5.41) is 12.2. The van der Waals surface area contributed by atoms with Gasteiger partial charge in [0.05, 0.1) is 11.3 Å². The maximum absolute atomic E-state index is 12.4. The van der Waals surface area contributed by atoms with E-state index in [-0.39, 0.29) is 11.7 Å². The summed E-state index contributed by atoms with van der Waals surface area (Å²) >= 11 is 0. The van der Waals surface area contributed by atoms with Crippen molar-refractivity contribution in [2.45, 2.75) is 26.7 Å². The van der Waals surface area contributed by atoms with Crippen LogP contribution in [0.15, 0.2) is 30.5 Å². The Bertz CT molecular complexity index is 740. The van der Waals surface area contributed by atoms with Gasteiger partial charge in [-0.3, -0.25) is 4.79 Å². The van der Waals surface area contributed by atoms with Gasteiger partial charge < -0.3 is 15.3 Å². The van der Waals surface area contributed by atoms with Crippen LogP contribution in [0.3, 0.4) is 0 Å². The second kappa shape index (κ2) is 6.86. The minimum Gasteiger partial charge on any atom is -0.508 e. The first-order valence-corrected chi connectivity index (χ1v) is 8.22. The van der Waals surface area contributed by atoms with Crippen molar-refractivity contribution in [1.29, 1.82) is 0 Å². The van der Waals surface area contributed by atoms with Gasteiger partial charge >= 0.3 is 0 Å². The molecule has 1 aromatic carbocycles. The summed E-state index contributed by atoms with van der Waals surface area (Å²) in [4.78, 5) is 23.4. The fourth-order valence-electron chi connectivity index (χ4n) is 2.82. The number of amides is 1. The Morgan fingerprint density at radius 2 is 2.08 bits per heavy atom. The Morgan fingerprint density at radius 1 is 1.33 bits per heavy atom. The van der Waals surface area contributed by atoms with E-state index in [2.05, 4.69) is 27.1 Å². The van der Waals surface area contributed by atoms with Crippen LogP contribution in [0, 0.1) is 12.8 Å². The van der Waals surface area contributed by atoms with Crippen LogP contribution in [-0.4, -0.2) is 34.1 Å². The molecule has 0 saturated carbocycles. The highest BCUT2D eigenvalue weighted by atomic mass is 16.3. The Kier molecular flexibility index (Phi) is 4.64. The zero-order valence-electron chi connectivity index (χ0n) is 14.0. The van der Waals surface area contributed by atoms with E-state index in [0.717, 1.165) is 31.8 Å². The van der Waals surface area contributed by atoms with Crippen LogP contribution < -0.4 is 10.2 Å². The number of nitrogens with one attached hydrogen (secondary N) is 1. The predicted octanol–water partition coefficient (Wildman–Crippen LogP) is 2.98. The molecule has 126 valence electrons. The summed E-state index contributed by atoms with van der Waals surface area (Å²) in [7, 11) is 0. The summed E-state index contributed by atoms with van der Waals surface area (Å²) in [6.07, 6.45) is 3.86. The van der Waals surface area contributed by atoms with Crippen LogP contribution in [0.25, 0.3) is 0 Å². The molecule has 1 saturated heterocycles. The molecule has 1 aliphatic rings. The number of aromatic hydroxyl groups is 1. The number of piperidine rings is 1. The number of rotatable bonds is 3. The van der Waals surface area contributed by atoms with Gasteiger partial charge in [0.2, 0.25) is 5.95 Å². The molecule has 1 aromatic heterocycles. The van der Waals surface area contributed by atoms with Crippen molar-refractivity contribution >= 4 is 17.5 Å². The number of carbonyl (C=O) groups excluding carboxylic acids is 1. The minimum absolute atomic E-state index is 0.107. The summed E-state index contributed by atoms with van der Waals surface area (Å²) in [6, 6.07) is 6.45. The lowest BCUT2D eigenvalue weighted by molar-refractivity contribution is 0.102. The monoisotopic (exact) mass is 326 g/mol. The second-order valence-electron chi connectivity index (χ2n) is 6.34. The van der Waals surface area contributed by atoms with Crippen molar-refractivity contribution in [3.05, 3.63) is 41.7 Å². The van der Waals surface area contributed by atoms with Crippen LogP contribution >= 0.6 is 0 Å². The Hall–Kier alpha value is -2.63. The largest absolute Gasteiger partial charge is 0.508 e. The van der Waals surface area contributed by atoms with Gasteiger partial charge in [0, 0.05) is 31.0 Å². The van der Waals surface area contributed by atoms with Gasteiger partial charge in [-0.2, -0.15) is 0 Å². The molecule has 3 rings (SSSR count). The highest BCUT2D eigenvalue weighted by Crippen LogP contribution is 2.21. The highest BCUT2D eigenvalue weighted by Gasteiger charge is 2.19. The third-order valence-electron chi connectivity index (χ3n) is 4.38. The van der Waals surface area contributed by atoms with E-state index in [1.807, 2.05) is 6.92 Å². The molecule has 0 aliphatic carbocycles. The highest BCUT2D eigenvalue weighted by molar-refractivity contribution is 6.04. The minimum atomic E-state index is -0.281. The second-order valence-corrected chi connectivity index (χ2v) is 6.34. The summed E-state index contributed by atoms with van der Waals surface area (Å²) in [5.74, 6) is 1.26. The van der Waals surface area contributed by atoms with Crippen LogP contribution in [0.5, 0.6) is 5.75 Å². The van der Waals surface area contributed by atoms with E-state index in [1.54, 1.807) is 24.4 Å². The molecular weight excluding hydrogens is 304 g/mol. The number of hydrogen-bond acceptors (Lipinski definition) is 5. The Balaban J connectivity index is 1.73. The first-order valence-electron chi connectivity index (χ1n) is 8.22. The Morgan fingerprint density at radius 3 is 2.75 bits per heavy atom. The number of aromatic nitrogens is 2. The maximum Gasteiger partial charge on any atom is 0.259 e. The van der Waals surface area contributed by atoms with Crippen LogP contribution in [0.2, 0.25) is 0 Å². The zero-order chi connectivity index (χ0) is 17.1. The van der Waals surface area contributed by atoms with Crippen molar-refractivity contribution in [2.75, 3.05) is 23.3 Å². The normalized spacial score (nSPS) is 15.3. The van der Waals surface area contributed by atoms with Crippen molar-refractivity contribution in [3.63, 3.8) is 0 Å². The van der Waals surface area contributed by atoms with Crippen LogP contribution in [0.1, 0.15) is 35.8 Å². The third-order valence-corrected chi connectivity index (χ3v) is 4.38. The fourth-order valence-corrected chi connectivity index (χ4v) is 2.82. The van der Waals surface area contributed by atoms with E-state index in [4.69, 9.17) is 0 Å². The lowest BCUT2D eigenvalue weighted by Crippen LogP contribution is -2.34. The molecule has 2 heterocycles. The third kappa shape index (κ3) is 3.64. The molecule has 0 atom stereocenters. The molecule has 1 fully saturated rings. The molecule has 6 nitrogen and oxygen atoms in total. The van der Waals surface area contributed by atoms with Gasteiger partial charge in [-0.1, -0.05) is 13.0 Å². The molecule has 2 N–H and O–H groups in total. The van der Waals surface area contributed by atoms with Crippen molar-refractivity contribution in [3.8, 4) is 5.75 Å². The Labute approximate surface area is 141 Å². The van der Waals surface area contributed by atoms with Gasteiger partial charge in [-0.25, -0.2) is 9.97 Å². The molecule has 6 heteroatoms. The SMILES string of the molecule is Cc1nc(N2CCC(C)CC2)ncc1C(=O)Nc1cccc(O)c1. The van der Waals surface area contributed by atoms with Crippen LogP contribution in [-0.2, 0) is 0 Å². The van der Waals surface area contributed by atoms with Gasteiger partial charge in [-0.05, 0) is 37.8 Å². The fraction of sp³-hybridized carbons (Fsp3) is 0.389. The number of carbonyl (C=O) groups is 1. The average molecular weight is 326 g/mol. The quantitative estimate of drug-likeness (QED) is 0.906. The molecule has 0 unspecified atom stereocenters. The van der Waals surface area contributed by atoms with Gasteiger partial charge in [0.1, 0.15) is 5.75 Å². The molecule has 1 amide bonds. The number of hydrogen-bond donors (Lipinski definition) is 2.